The molecule has 2 aromatic rings. The zero-order chi connectivity index (χ0) is 17.5. The maximum Gasteiger partial charge on any atom is 0.261 e. The van der Waals surface area contributed by atoms with Crippen molar-refractivity contribution in [3.05, 3.63) is 59.2 Å². The topological polar surface area (TPSA) is 47.6 Å². The molecule has 0 aromatic heterocycles. The molecule has 1 N–H and O–H groups in total. The Morgan fingerprint density at radius 3 is 2.46 bits per heavy atom. The number of ether oxygens (including phenoxy) is 2. The van der Waals surface area contributed by atoms with Crippen LogP contribution in [0.25, 0.3) is 0 Å². The first kappa shape index (κ1) is 17.9. The van der Waals surface area contributed by atoms with E-state index in [0.29, 0.717) is 18.9 Å². The van der Waals surface area contributed by atoms with Crippen molar-refractivity contribution < 1.29 is 14.3 Å². The average Bonchev–Trinajstić information content (AvgIpc) is 2.53. The van der Waals surface area contributed by atoms with E-state index < -0.39 is 6.10 Å². The summed E-state index contributed by atoms with van der Waals surface area (Å²) in [5, 5.41) is 2.90. The van der Waals surface area contributed by atoms with Crippen LogP contribution in [-0.2, 0) is 11.3 Å². The lowest BCUT2D eigenvalue weighted by Crippen LogP contribution is -2.36. The highest BCUT2D eigenvalue weighted by Gasteiger charge is 2.15. The molecule has 0 radical (unpaired) electrons. The van der Waals surface area contributed by atoms with Crippen LogP contribution in [0.1, 0.15) is 30.5 Å². The second kappa shape index (κ2) is 8.39. The molecule has 1 amide bonds. The van der Waals surface area contributed by atoms with Gasteiger partial charge < -0.3 is 14.8 Å². The van der Waals surface area contributed by atoms with Gasteiger partial charge in [-0.1, -0.05) is 24.3 Å². The summed E-state index contributed by atoms with van der Waals surface area (Å²) in [5.74, 6) is 1.36. The van der Waals surface area contributed by atoms with E-state index >= 15 is 0 Å². The smallest absolute Gasteiger partial charge is 0.261 e. The van der Waals surface area contributed by atoms with Gasteiger partial charge >= 0.3 is 0 Å². The standard InChI is InChI=1S/C20H25NO3/c1-5-23-19-9-7-6-8-17(19)13-21-20(22)16(4)24-18-11-14(2)10-15(3)12-18/h6-12,16H,5,13H2,1-4H3,(H,21,22)/t16-/m1/s1. The Kier molecular flexibility index (Phi) is 6.24. The van der Waals surface area contributed by atoms with E-state index in [-0.39, 0.29) is 5.91 Å². The van der Waals surface area contributed by atoms with Crippen molar-refractivity contribution in [3.63, 3.8) is 0 Å². The van der Waals surface area contributed by atoms with Gasteiger partial charge in [0.15, 0.2) is 6.10 Å². The van der Waals surface area contributed by atoms with Crippen LogP contribution in [0.3, 0.4) is 0 Å². The quantitative estimate of drug-likeness (QED) is 0.842. The summed E-state index contributed by atoms with van der Waals surface area (Å²) in [6.45, 7) is 8.72. The molecule has 0 saturated carbocycles. The number of hydrogen-bond acceptors (Lipinski definition) is 3. The molecular weight excluding hydrogens is 302 g/mol. The Hall–Kier alpha value is -2.49. The first-order chi connectivity index (χ1) is 11.5. The van der Waals surface area contributed by atoms with E-state index in [1.165, 1.54) is 0 Å². The van der Waals surface area contributed by atoms with Crippen LogP contribution in [0.2, 0.25) is 0 Å². The maximum absolute atomic E-state index is 12.3. The zero-order valence-corrected chi connectivity index (χ0v) is 14.8. The molecule has 0 spiro atoms. The number of hydrogen-bond donors (Lipinski definition) is 1. The molecule has 4 nitrogen and oxygen atoms in total. The van der Waals surface area contributed by atoms with E-state index in [9.17, 15) is 4.79 Å². The number of carbonyl (C=O) groups is 1. The van der Waals surface area contributed by atoms with Gasteiger partial charge in [-0.3, -0.25) is 4.79 Å². The molecule has 1 atom stereocenters. The number of rotatable bonds is 7. The van der Waals surface area contributed by atoms with Crippen molar-refractivity contribution in [2.24, 2.45) is 0 Å². The molecule has 4 heteroatoms. The van der Waals surface area contributed by atoms with Crippen LogP contribution in [0.15, 0.2) is 42.5 Å². The van der Waals surface area contributed by atoms with Gasteiger partial charge in [0, 0.05) is 12.1 Å². The number of aryl methyl sites for hydroxylation is 2. The Bertz CT molecular complexity index is 677. The van der Waals surface area contributed by atoms with Gasteiger partial charge in [-0.25, -0.2) is 0 Å². The minimum Gasteiger partial charge on any atom is -0.494 e. The number of amides is 1. The van der Waals surface area contributed by atoms with Gasteiger partial charge in [0.1, 0.15) is 11.5 Å². The lowest BCUT2D eigenvalue weighted by atomic mass is 10.1. The van der Waals surface area contributed by atoms with Gasteiger partial charge in [-0.05, 0) is 57.0 Å². The van der Waals surface area contributed by atoms with Crippen molar-refractivity contribution in [1.82, 2.24) is 5.32 Å². The van der Waals surface area contributed by atoms with E-state index in [0.717, 1.165) is 22.4 Å². The minimum absolute atomic E-state index is 0.152. The van der Waals surface area contributed by atoms with Crippen LogP contribution in [-0.4, -0.2) is 18.6 Å². The zero-order valence-electron chi connectivity index (χ0n) is 14.8. The van der Waals surface area contributed by atoms with Crippen LogP contribution in [0.5, 0.6) is 11.5 Å². The summed E-state index contributed by atoms with van der Waals surface area (Å²) < 4.78 is 11.3. The number of para-hydroxylation sites is 1. The molecule has 2 aromatic carbocycles. The summed E-state index contributed by atoms with van der Waals surface area (Å²) in [6.07, 6.45) is -0.564. The summed E-state index contributed by atoms with van der Waals surface area (Å²) in [7, 11) is 0. The average molecular weight is 327 g/mol. The molecule has 128 valence electrons. The fourth-order valence-corrected chi connectivity index (χ4v) is 2.53. The second-order valence-corrected chi connectivity index (χ2v) is 5.84. The number of nitrogens with one attached hydrogen (secondary N) is 1. The molecular formula is C20H25NO3. The third-order valence-electron chi connectivity index (χ3n) is 3.60. The van der Waals surface area contributed by atoms with Crippen LogP contribution in [0.4, 0.5) is 0 Å². The highest BCUT2D eigenvalue weighted by Crippen LogP contribution is 2.19. The number of benzene rings is 2. The molecule has 0 unspecified atom stereocenters. The van der Waals surface area contributed by atoms with E-state index in [1.807, 2.05) is 57.2 Å². The van der Waals surface area contributed by atoms with E-state index in [4.69, 9.17) is 9.47 Å². The third kappa shape index (κ3) is 5.01. The summed E-state index contributed by atoms with van der Waals surface area (Å²) in [6, 6.07) is 13.6. The van der Waals surface area contributed by atoms with Gasteiger partial charge in [0.2, 0.25) is 0 Å². The van der Waals surface area contributed by atoms with Gasteiger partial charge in [-0.15, -0.1) is 0 Å². The Morgan fingerprint density at radius 2 is 1.79 bits per heavy atom. The normalized spacial score (nSPS) is 11.7. The molecule has 0 bridgehead atoms. The van der Waals surface area contributed by atoms with Crippen molar-refractivity contribution in [2.75, 3.05) is 6.61 Å². The lowest BCUT2D eigenvalue weighted by molar-refractivity contribution is -0.127. The van der Waals surface area contributed by atoms with Crippen molar-refractivity contribution in [3.8, 4) is 11.5 Å². The highest BCUT2D eigenvalue weighted by molar-refractivity contribution is 5.80. The van der Waals surface area contributed by atoms with Gasteiger partial charge in [0.25, 0.3) is 5.91 Å². The summed E-state index contributed by atoms with van der Waals surface area (Å²) in [5.41, 5.74) is 3.18. The fraction of sp³-hybridized carbons (Fsp3) is 0.350. The third-order valence-corrected chi connectivity index (χ3v) is 3.60. The molecule has 0 aliphatic rings. The van der Waals surface area contributed by atoms with Crippen molar-refractivity contribution in [1.29, 1.82) is 0 Å². The predicted octanol–water partition coefficient (Wildman–Crippen LogP) is 3.79. The Morgan fingerprint density at radius 1 is 1.12 bits per heavy atom. The Balaban J connectivity index is 1.94. The SMILES string of the molecule is CCOc1ccccc1CNC(=O)[C@@H](C)Oc1cc(C)cc(C)c1. The van der Waals surface area contributed by atoms with Crippen LogP contribution >= 0.6 is 0 Å². The van der Waals surface area contributed by atoms with Crippen molar-refractivity contribution >= 4 is 5.91 Å². The summed E-state index contributed by atoms with van der Waals surface area (Å²) >= 11 is 0. The fourth-order valence-electron chi connectivity index (χ4n) is 2.53. The predicted molar refractivity (Wildman–Crippen MR) is 95.5 cm³/mol. The van der Waals surface area contributed by atoms with Gasteiger partial charge in [-0.2, -0.15) is 0 Å². The van der Waals surface area contributed by atoms with Crippen LogP contribution < -0.4 is 14.8 Å². The largest absolute Gasteiger partial charge is 0.494 e. The van der Waals surface area contributed by atoms with E-state index in [1.54, 1.807) is 6.92 Å². The van der Waals surface area contributed by atoms with Gasteiger partial charge in [0.05, 0.1) is 6.61 Å². The first-order valence-electron chi connectivity index (χ1n) is 8.23. The molecule has 2 rings (SSSR count). The molecule has 0 saturated heterocycles. The lowest BCUT2D eigenvalue weighted by Gasteiger charge is -2.16. The molecule has 0 aliphatic carbocycles. The highest BCUT2D eigenvalue weighted by atomic mass is 16.5. The Labute approximate surface area is 143 Å². The van der Waals surface area contributed by atoms with E-state index in [2.05, 4.69) is 11.4 Å². The first-order valence-corrected chi connectivity index (χ1v) is 8.23. The molecule has 0 heterocycles. The monoisotopic (exact) mass is 327 g/mol. The second-order valence-electron chi connectivity index (χ2n) is 5.84. The molecule has 0 fully saturated rings. The minimum atomic E-state index is -0.564. The maximum atomic E-state index is 12.3. The molecule has 0 aliphatic heterocycles. The van der Waals surface area contributed by atoms with Crippen molar-refractivity contribution in [2.45, 2.75) is 40.3 Å². The molecule has 24 heavy (non-hydrogen) atoms. The summed E-state index contributed by atoms with van der Waals surface area (Å²) in [4.78, 5) is 12.3. The van der Waals surface area contributed by atoms with Crippen LogP contribution in [0, 0.1) is 13.8 Å². The number of carbonyl (C=O) groups excluding carboxylic acids is 1.